The van der Waals surface area contributed by atoms with E-state index in [2.05, 4.69) is 62.5 Å². The van der Waals surface area contributed by atoms with Crippen molar-refractivity contribution in [3.05, 3.63) is 48.6 Å². The van der Waals surface area contributed by atoms with Gasteiger partial charge in [0.15, 0.2) is 6.10 Å². The first-order valence-electron chi connectivity index (χ1n) is 22.4. The Kier molecular flexibility index (Phi) is 32.9. The van der Waals surface area contributed by atoms with Gasteiger partial charge in [-0.25, -0.2) is 4.57 Å². The molecular formula is C45H79O13P. The summed E-state index contributed by atoms with van der Waals surface area (Å²) in [5.41, 5.74) is 0. The number of phosphoric acid groups is 1. The fourth-order valence-corrected chi connectivity index (χ4v) is 7.44. The molecule has 1 aliphatic rings. The maximum atomic E-state index is 12.8. The third-order valence-electron chi connectivity index (χ3n) is 10.1. The number of ether oxygens (including phenoxy) is 2. The lowest BCUT2D eigenvalue weighted by atomic mass is 9.85. The number of hydrogen-bond donors (Lipinski definition) is 6. The van der Waals surface area contributed by atoms with Crippen molar-refractivity contribution in [3.8, 4) is 0 Å². The van der Waals surface area contributed by atoms with Gasteiger partial charge in [0.05, 0.1) is 6.61 Å². The van der Waals surface area contributed by atoms with Gasteiger partial charge in [-0.2, -0.15) is 0 Å². The summed E-state index contributed by atoms with van der Waals surface area (Å²) in [6.45, 7) is 3.21. The van der Waals surface area contributed by atoms with Crippen molar-refractivity contribution < 1.29 is 63.1 Å². The molecule has 13 nitrogen and oxygen atoms in total. The third kappa shape index (κ3) is 28.1. The number of allylic oxidation sites excluding steroid dienone is 8. The van der Waals surface area contributed by atoms with Crippen molar-refractivity contribution in [2.45, 2.75) is 211 Å². The molecule has 1 aliphatic carbocycles. The molecule has 14 heteroatoms. The van der Waals surface area contributed by atoms with Crippen molar-refractivity contribution in [1.82, 2.24) is 0 Å². The zero-order valence-corrected chi connectivity index (χ0v) is 36.9. The van der Waals surface area contributed by atoms with Crippen LogP contribution in [0.25, 0.3) is 0 Å². The first-order valence-corrected chi connectivity index (χ1v) is 23.9. The Hall–Kier alpha value is -2.19. The van der Waals surface area contributed by atoms with Crippen LogP contribution in [-0.4, -0.2) is 98.3 Å². The van der Waals surface area contributed by atoms with Gasteiger partial charge >= 0.3 is 19.8 Å². The fourth-order valence-electron chi connectivity index (χ4n) is 6.46. The summed E-state index contributed by atoms with van der Waals surface area (Å²) >= 11 is 0. The topological polar surface area (TPSA) is 210 Å². The Bertz CT molecular complexity index is 1220. The maximum absolute atomic E-state index is 12.8. The van der Waals surface area contributed by atoms with Gasteiger partial charge in [-0.1, -0.05) is 127 Å². The standard InChI is InChI=1S/C45H79O13P/c1-3-5-7-9-11-13-15-17-19-21-23-25-27-29-31-33-38(46)55-35-37(36-56-59(53,54)58-45-43(51)41(49)40(48)42(50)44(45)52)57-39(47)34-32-30-28-26-24-22-20-18-16-14-12-10-8-6-4-2/h11-14,17-20,37,40-45,48-52H,3-10,15-16,21-36H2,1-2H3,(H,53,54)/b13-11+,14-12+,19-17+,20-18+/t37-,40?,41-,42+,43+,44+,45?/m0/s1. The van der Waals surface area contributed by atoms with Gasteiger partial charge in [0.2, 0.25) is 0 Å². The van der Waals surface area contributed by atoms with Gasteiger partial charge in [-0.3, -0.25) is 18.6 Å². The minimum atomic E-state index is -5.12. The molecule has 0 spiro atoms. The fraction of sp³-hybridized carbons (Fsp3) is 0.778. The van der Waals surface area contributed by atoms with Gasteiger partial charge in [0.1, 0.15) is 43.2 Å². The highest BCUT2D eigenvalue weighted by molar-refractivity contribution is 7.47. The lowest BCUT2D eigenvalue weighted by Gasteiger charge is -2.41. The normalized spacial score (nSPS) is 22.8. The smallest absolute Gasteiger partial charge is 0.462 e. The van der Waals surface area contributed by atoms with Crippen LogP contribution in [0.3, 0.4) is 0 Å². The molecular weight excluding hydrogens is 779 g/mol. The molecule has 0 bridgehead atoms. The molecule has 342 valence electrons. The Balaban J connectivity index is 2.50. The molecule has 1 saturated carbocycles. The molecule has 0 saturated heterocycles. The average molecular weight is 859 g/mol. The van der Waals surface area contributed by atoms with Crippen molar-refractivity contribution in [2.75, 3.05) is 13.2 Å². The largest absolute Gasteiger partial charge is 0.472 e. The van der Waals surface area contributed by atoms with Crippen LogP contribution < -0.4 is 0 Å². The molecule has 0 aromatic carbocycles. The third-order valence-corrected chi connectivity index (χ3v) is 11.1. The van der Waals surface area contributed by atoms with E-state index in [4.69, 9.17) is 18.5 Å². The lowest BCUT2D eigenvalue weighted by molar-refractivity contribution is -0.220. The Morgan fingerprint density at radius 3 is 1.37 bits per heavy atom. The van der Waals surface area contributed by atoms with E-state index in [1.807, 2.05) is 0 Å². The van der Waals surface area contributed by atoms with Gasteiger partial charge in [0.25, 0.3) is 0 Å². The number of carbonyl (C=O) groups is 2. The van der Waals surface area contributed by atoms with Gasteiger partial charge in [0, 0.05) is 12.8 Å². The van der Waals surface area contributed by atoms with Crippen LogP contribution in [0, 0.1) is 0 Å². The average Bonchev–Trinajstić information content (AvgIpc) is 3.21. The monoisotopic (exact) mass is 859 g/mol. The second kappa shape index (κ2) is 35.4. The molecule has 59 heavy (non-hydrogen) atoms. The summed E-state index contributed by atoms with van der Waals surface area (Å²) < 4.78 is 33.5. The van der Waals surface area contributed by atoms with E-state index >= 15 is 0 Å². The maximum Gasteiger partial charge on any atom is 0.472 e. The molecule has 1 fully saturated rings. The molecule has 0 amide bonds. The summed E-state index contributed by atoms with van der Waals surface area (Å²) in [7, 11) is -5.12. The van der Waals surface area contributed by atoms with Gasteiger partial charge in [-0.15, -0.1) is 0 Å². The van der Waals surface area contributed by atoms with Crippen LogP contribution in [0.1, 0.15) is 168 Å². The zero-order valence-electron chi connectivity index (χ0n) is 36.0. The Morgan fingerprint density at radius 1 is 0.525 bits per heavy atom. The van der Waals surface area contributed by atoms with E-state index in [1.54, 1.807) is 0 Å². The highest BCUT2D eigenvalue weighted by Crippen LogP contribution is 2.47. The summed E-state index contributed by atoms with van der Waals surface area (Å²) in [4.78, 5) is 35.6. The van der Waals surface area contributed by atoms with Crippen LogP contribution >= 0.6 is 7.82 Å². The summed E-state index contributed by atoms with van der Waals surface area (Å²) in [6.07, 6.45) is 27.3. The minimum absolute atomic E-state index is 0.0761. The van der Waals surface area contributed by atoms with Crippen molar-refractivity contribution in [1.29, 1.82) is 0 Å². The van der Waals surface area contributed by atoms with Crippen LogP contribution in [0.15, 0.2) is 48.6 Å². The number of hydrogen-bond acceptors (Lipinski definition) is 12. The van der Waals surface area contributed by atoms with E-state index in [-0.39, 0.29) is 12.8 Å². The van der Waals surface area contributed by atoms with Crippen molar-refractivity contribution in [3.63, 3.8) is 0 Å². The van der Waals surface area contributed by atoms with Crippen LogP contribution in [0.4, 0.5) is 0 Å². The summed E-state index contributed by atoms with van der Waals surface area (Å²) in [5.74, 6) is -1.13. The number of carbonyl (C=O) groups excluding carboxylic acids is 2. The van der Waals surface area contributed by atoms with E-state index < -0.39 is 75.7 Å². The lowest BCUT2D eigenvalue weighted by Crippen LogP contribution is -2.64. The quantitative estimate of drug-likeness (QED) is 0.0152. The predicted octanol–water partition coefficient (Wildman–Crippen LogP) is 8.39. The Morgan fingerprint density at radius 2 is 0.915 bits per heavy atom. The first-order chi connectivity index (χ1) is 28.4. The number of aliphatic hydroxyl groups is 5. The molecule has 0 aromatic rings. The van der Waals surface area contributed by atoms with E-state index in [0.29, 0.717) is 12.8 Å². The molecule has 0 aromatic heterocycles. The van der Waals surface area contributed by atoms with Gasteiger partial charge in [-0.05, 0) is 77.0 Å². The van der Waals surface area contributed by atoms with Crippen molar-refractivity contribution in [2.24, 2.45) is 0 Å². The van der Waals surface area contributed by atoms with Crippen LogP contribution in [-0.2, 0) is 32.7 Å². The minimum Gasteiger partial charge on any atom is -0.462 e. The highest BCUT2D eigenvalue weighted by Gasteiger charge is 2.51. The van der Waals surface area contributed by atoms with E-state index in [1.165, 1.54) is 38.5 Å². The summed E-state index contributed by atoms with van der Waals surface area (Å²) in [6, 6.07) is 0. The highest BCUT2D eigenvalue weighted by atomic mass is 31.2. The number of unbranched alkanes of at least 4 members (excludes halogenated alkanes) is 16. The molecule has 0 aliphatic heterocycles. The molecule has 3 unspecified atom stereocenters. The van der Waals surface area contributed by atoms with Crippen molar-refractivity contribution >= 4 is 19.8 Å². The predicted molar refractivity (Wildman–Crippen MR) is 230 cm³/mol. The SMILES string of the molecule is CCCCC/C=C/C/C=C/CCCCCCCC(=O)OC[C@@H](COP(=O)(O)OC1[C@H](O)[C@H](O)C(O)[C@H](O)[C@H]1O)OC(=O)CCCCCCC/C=C/C/C=C/CCCCC. The number of rotatable bonds is 36. The summed E-state index contributed by atoms with van der Waals surface area (Å²) in [5, 5.41) is 50.1. The zero-order chi connectivity index (χ0) is 43.6. The second-order valence-electron chi connectivity index (χ2n) is 15.5. The molecule has 0 heterocycles. The molecule has 0 radical (unpaired) electrons. The number of aliphatic hydroxyl groups excluding tert-OH is 5. The second-order valence-corrected chi connectivity index (χ2v) is 16.9. The molecule has 1 rings (SSSR count). The van der Waals surface area contributed by atoms with Crippen LogP contribution in [0.5, 0.6) is 0 Å². The first kappa shape index (κ1) is 54.8. The van der Waals surface area contributed by atoms with E-state index in [9.17, 15) is 44.6 Å². The van der Waals surface area contributed by atoms with Crippen LogP contribution in [0.2, 0.25) is 0 Å². The molecule has 8 atom stereocenters. The Labute approximate surface area is 354 Å². The number of phosphoric ester groups is 1. The van der Waals surface area contributed by atoms with Gasteiger partial charge < -0.3 is 39.9 Å². The number of esters is 2. The molecule has 6 N–H and O–H groups in total. The van der Waals surface area contributed by atoms with E-state index in [0.717, 1.165) is 89.9 Å².